The van der Waals surface area contributed by atoms with Crippen molar-refractivity contribution in [3.63, 3.8) is 0 Å². The van der Waals surface area contributed by atoms with E-state index in [0.717, 1.165) is 25.9 Å². The van der Waals surface area contributed by atoms with Gasteiger partial charge < -0.3 is 30.2 Å². The zero-order valence-electron chi connectivity index (χ0n) is 17.1. The standard InChI is InChI=1S/C16H27N5O2.C2H2O4/c1-16(2,3)21-10-9-19(15(21)23)8-6-18-12-14(22)20-7-4-5-13(20)11-17;3-1(4)2(5)6/h13,18H,4-10,12H2,1-3H3;(H,3,4)(H,5,6)/t13-;/m1./s1. The lowest BCUT2D eigenvalue weighted by Crippen LogP contribution is -2.46. The first-order chi connectivity index (χ1) is 13.5. The van der Waals surface area contributed by atoms with Crippen molar-refractivity contribution < 1.29 is 29.4 Å². The molecule has 1 atom stereocenters. The molecule has 2 saturated heterocycles. The van der Waals surface area contributed by atoms with Gasteiger partial charge in [0.2, 0.25) is 5.91 Å². The van der Waals surface area contributed by atoms with Gasteiger partial charge in [0.05, 0.1) is 12.6 Å². The van der Waals surface area contributed by atoms with Crippen molar-refractivity contribution in [2.24, 2.45) is 0 Å². The van der Waals surface area contributed by atoms with Crippen molar-refractivity contribution in [1.29, 1.82) is 5.26 Å². The van der Waals surface area contributed by atoms with E-state index in [1.807, 2.05) is 30.6 Å². The number of carboxylic acids is 2. The molecule has 2 fully saturated rings. The predicted octanol–water partition coefficient (Wildman–Crippen LogP) is -0.218. The van der Waals surface area contributed by atoms with Gasteiger partial charge in [-0.25, -0.2) is 14.4 Å². The fourth-order valence-corrected chi connectivity index (χ4v) is 3.12. The summed E-state index contributed by atoms with van der Waals surface area (Å²) in [7, 11) is 0. The molecule has 0 bridgehead atoms. The Labute approximate surface area is 169 Å². The molecule has 3 amide bonds. The molecular weight excluding hydrogens is 382 g/mol. The lowest BCUT2D eigenvalue weighted by atomic mass is 10.1. The summed E-state index contributed by atoms with van der Waals surface area (Å²) < 4.78 is 0. The topological polar surface area (TPSA) is 154 Å². The van der Waals surface area contributed by atoms with E-state index >= 15 is 0 Å². The molecule has 0 unspecified atom stereocenters. The fourth-order valence-electron chi connectivity index (χ4n) is 3.12. The molecule has 0 spiro atoms. The average molecular weight is 411 g/mol. The van der Waals surface area contributed by atoms with Crippen molar-refractivity contribution >= 4 is 23.9 Å². The van der Waals surface area contributed by atoms with E-state index in [9.17, 15) is 9.59 Å². The Morgan fingerprint density at radius 3 is 2.28 bits per heavy atom. The fraction of sp³-hybridized carbons (Fsp3) is 0.722. The molecule has 29 heavy (non-hydrogen) atoms. The Bertz CT molecular complexity index is 657. The van der Waals surface area contributed by atoms with Gasteiger partial charge in [0.1, 0.15) is 6.04 Å². The van der Waals surface area contributed by atoms with E-state index in [1.54, 1.807) is 4.90 Å². The quantitative estimate of drug-likeness (QED) is 0.414. The number of hydrogen-bond donors (Lipinski definition) is 3. The molecule has 2 rings (SSSR count). The Morgan fingerprint density at radius 2 is 1.79 bits per heavy atom. The lowest BCUT2D eigenvalue weighted by molar-refractivity contribution is -0.159. The number of rotatable bonds is 5. The number of amides is 3. The molecule has 0 aromatic carbocycles. The second kappa shape index (κ2) is 10.6. The maximum Gasteiger partial charge on any atom is 0.414 e. The monoisotopic (exact) mass is 411 g/mol. The van der Waals surface area contributed by atoms with Crippen LogP contribution in [0.5, 0.6) is 0 Å². The first kappa shape index (κ1) is 24.2. The highest BCUT2D eigenvalue weighted by molar-refractivity contribution is 6.27. The van der Waals surface area contributed by atoms with Crippen LogP contribution >= 0.6 is 0 Å². The number of urea groups is 1. The third kappa shape index (κ3) is 7.23. The van der Waals surface area contributed by atoms with Crippen molar-refractivity contribution in [2.75, 3.05) is 39.3 Å². The van der Waals surface area contributed by atoms with Gasteiger partial charge in [0.15, 0.2) is 0 Å². The molecule has 0 aliphatic carbocycles. The first-order valence-corrected chi connectivity index (χ1v) is 9.41. The smallest absolute Gasteiger partial charge is 0.414 e. The SMILES string of the molecule is CC(C)(C)N1CCN(CCNCC(=O)N2CCC[C@@H]2C#N)C1=O.O=C(O)C(=O)O. The number of hydrogen-bond acceptors (Lipinski definition) is 6. The van der Waals surface area contributed by atoms with Gasteiger partial charge in [0, 0.05) is 38.3 Å². The van der Waals surface area contributed by atoms with E-state index in [2.05, 4.69) is 11.4 Å². The van der Waals surface area contributed by atoms with Gasteiger partial charge in [0.25, 0.3) is 0 Å². The normalized spacial score (nSPS) is 18.9. The van der Waals surface area contributed by atoms with Gasteiger partial charge in [-0.2, -0.15) is 5.26 Å². The van der Waals surface area contributed by atoms with E-state index in [1.165, 1.54) is 0 Å². The predicted molar refractivity (Wildman–Crippen MR) is 102 cm³/mol. The zero-order chi connectivity index (χ0) is 22.2. The number of aliphatic carboxylic acids is 2. The molecule has 11 heteroatoms. The van der Waals surface area contributed by atoms with E-state index in [0.29, 0.717) is 19.6 Å². The van der Waals surface area contributed by atoms with Crippen LogP contribution in [-0.4, -0.2) is 99.6 Å². The molecule has 162 valence electrons. The second-order valence-corrected chi connectivity index (χ2v) is 7.75. The van der Waals surface area contributed by atoms with Crippen molar-refractivity contribution in [3.05, 3.63) is 0 Å². The largest absolute Gasteiger partial charge is 0.473 e. The van der Waals surface area contributed by atoms with Gasteiger partial charge in [-0.05, 0) is 33.6 Å². The van der Waals surface area contributed by atoms with Crippen LogP contribution in [-0.2, 0) is 14.4 Å². The van der Waals surface area contributed by atoms with Gasteiger partial charge in [-0.3, -0.25) is 4.79 Å². The number of nitrogens with zero attached hydrogens (tertiary/aromatic N) is 4. The van der Waals surface area contributed by atoms with Crippen LogP contribution in [0.2, 0.25) is 0 Å². The molecular formula is C18H29N5O6. The van der Waals surface area contributed by atoms with Crippen LogP contribution in [0, 0.1) is 11.3 Å². The van der Waals surface area contributed by atoms with E-state index < -0.39 is 11.9 Å². The summed E-state index contributed by atoms with van der Waals surface area (Å²) in [6.45, 7) is 9.66. The first-order valence-electron chi connectivity index (χ1n) is 9.41. The van der Waals surface area contributed by atoms with Crippen LogP contribution in [0.4, 0.5) is 4.79 Å². The average Bonchev–Trinajstić information content (AvgIpc) is 3.25. The highest BCUT2D eigenvalue weighted by Gasteiger charge is 2.35. The van der Waals surface area contributed by atoms with Gasteiger partial charge >= 0.3 is 18.0 Å². The maximum atomic E-state index is 12.3. The van der Waals surface area contributed by atoms with Crippen LogP contribution in [0.3, 0.4) is 0 Å². The Hall–Kier alpha value is -2.87. The summed E-state index contributed by atoms with van der Waals surface area (Å²) in [6.07, 6.45) is 1.67. The van der Waals surface area contributed by atoms with Crippen molar-refractivity contribution in [2.45, 2.75) is 45.2 Å². The number of carboxylic acid groups (broad SMARTS) is 2. The molecule has 2 heterocycles. The van der Waals surface area contributed by atoms with Crippen molar-refractivity contribution in [3.8, 4) is 6.07 Å². The number of nitriles is 1. The minimum Gasteiger partial charge on any atom is -0.473 e. The Morgan fingerprint density at radius 1 is 1.17 bits per heavy atom. The molecule has 2 aliphatic heterocycles. The molecule has 0 radical (unpaired) electrons. The van der Waals surface area contributed by atoms with Crippen LogP contribution in [0.15, 0.2) is 0 Å². The second-order valence-electron chi connectivity index (χ2n) is 7.75. The van der Waals surface area contributed by atoms with Gasteiger partial charge in [-0.1, -0.05) is 0 Å². The molecule has 3 N–H and O–H groups in total. The van der Waals surface area contributed by atoms with Crippen LogP contribution in [0.25, 0.3) is 0 Å². The maximum absolute atomic E-state index is 12.3. The summed E-state index contributed by atoms with van der Waals surface area (Å²) in [4.78, 5) is 47.9. The van der Waals surface area contributed by atoms with Crippen LogP contribution < -0.4 is 5.32 Å². The summed E-state index contributed by atoms with van der Waals surface area (Å²) >= 11 is 0. The summed E-state index contributed by atoms with van der Waals surface area (Å²) in [6, 6.07) is 1.96. The highest BCUT2D eigenvalue weighted by Crippen LogP contribution is 2.20. The summed E-state index contributed by atoms with van der Waals surface area (Å²) in [5, 5.41) is 26.9. The Kier molecular flexibility index (Phi) is 8.85. The van der Waals surface area contributed by atoms with Crippen LogP contribution in [0.1, 0.15) is 33.6 Å². The van der Waals surface area contributed by atoms with Gasteiger partial charge in [-0.15, -0.1) is 0 Å². The number of nitrogens with one attached hydrogen (secondary N) is 1. The minimum absolute atomic E-state index is 0.0295. The molecule has 0 aromatic heterocycles. The lowest BCUT2D eigenvalue weighted by Gasteiger charge is -2.31. The summed E-state index contributed by atoms with van der Waals surface area (Å²) in [5.41, 5.74) is -0.155. The third-order valence-electron chi connectivity index (χ3n) is 4.64. The number of likely N-dealkylation sites (tertiary alicyclic amines) is 1. The van der Waals surface area contributed by atoms with E-state index in [-0.39, 0.29) is 30.1 Å². The molecule has 2 aliphatic rings. The third-order valence-corrected chi connectivity index (χ3v) is 4.64. The molecule has 11 nitrogen and oxygen atoms in total. The van der Waals surface area contributed by atoms with Crippen molar-refractivity contribution in [1.82, 2.24) is 20.0 Å². The molecule has 0 saturated carbocycles. The Balaban J connectivity index is 0.000000612. The zero-order valence-corrected chi connectivity index (χ0v) is 17.1. The number of carbonyl (C=O) groups is 4. The van der Waals surface area contributed by atoms with E-state index in [4.69, 9.17) is 25.1 Å². The minimum atomic E-state index is -1.82. The highest BCUT2D eigenvalue weighted by atomic mass is 16.4. The molecule has 0 aromatic rings. The number of carbonyl (C=O) groups excluding carboxylic acids is 2. The summed E-state index contributed by atoms with van der Waals surface area (Å²) in [5.74, 6) is -3.68.